The Morgan fingerprint density at radius 1 is 1.32 bits per heavy atom. The maximum absolute atomic E-state index is 9.23. The second-order valence-corrected chi connectivity index (χ2v) is 5.59. The van der Waals surface area contributed by atoms with Crippen molar-refractivity contribution in [1.82, 2.24) is 10.2 Å². The summed E-state index contributed by atoms with van der Waals surface area (Å²) >= 11 is 8.09. The molecule has 1 N–H and O–H groups in total. The molecule has 0 amide bonds. The van der Waals surface area contributed by atoms with Crippen LogP contribution < -0.4 is 5.32 Å². The van der Waals surface area contributed by atoms with Gasteiger partial charge in [0.2, 0.25) is 0 Å². The number of anilines is 2. The predicted octanol–water partition coefficient (Wildman–Crippen LogP) is 3.97. The lowest BCUT2D eigenvalue weighted by atomic mass is 10.1. The van der Waals surface area contributed by atoms with Gasteiger partial charge in [-0.15, -0.1) is 5.10 Å². The number of benzene rings is 1. The predicted molar refractivity (Wildman–Crippen MR) is 83.7 cm³/mol. The van der Waals surface area contributed by atoms with E-state index < -0.39 is 0 Å². The summed E-state index contributed by atoms with van der Waals surface area (Å²) in [4.78, 5) is 0. The molecule has 0 fully saturated rings. The molecule has 0 bridgehead atoms. The fourth-order valence-corrected chi connectivity index (χ4v) is 2.56. The van der Waals surface area contributed by atoms with Crippen LogP contribution in [0.5, 0.6) is 0 Å². The van der Waals surface area contributed by atoms with Crippen molar-refractivity contribution >= 4 is 45.7 Å². The van der Waals surface area contributed by atoms with E-state index in [-0.39, 0.29) is 0 Å². The molecule has 1 aromatic heterocycles. The first-order valence-electron chi connectivity index (χ1n) is 5.49. The number of rotatable bonds is 2. The summed E-state index contributed by atoms with van der Waals surface area (Å²) in [5.41, 5.74) is 2.95. The van der Waals surface area contributed by atoms with Gasteiger partial charge < -0.3 is 5.32 Å². The topological polar surface area (TPSA) is 61.6 Å². The number of hydrogen-bond donors (Lipinski definition) is 1. The molecule has 96 valence electrons. The quantitative estimate of drug-likeness (QED) is 0.796. The Bertz CT molecular complexity index is 679. The Morgan fingerprint density at radius 3 is 2.68 bits per heavy atom. The van der Waals surface area contributed by atoms with Crippen molar-refractivity contribution in [2.75, 3.05) is 5.32 Å². The van der Waals surface area contributed by atoms with E-state index in [0.29, 0.717) is 16.4 Å². The summed E-state index contributed by atoms with van der Waals surface area (Å²) in [6.45, 7) is 3.69. The van der Waals surface area contributed by atoms with Gasteiger partial charge in [-0.05, 0) is 60.2 Å². The van der Waals surface area contributed by atoms with E-state index in [9.17, 15) is 5.26 Å². The molecule has 0 atom stereocenters. The maximum Gasteiger partial charge on any atom is 0.171 e. The molecule has 0 saturated carbocycles. The van der Waals surface area contributed by atoms with Gasteiger partial charge in [0.05, 0.1) is 11.4 Å². The molecule has 0 aliphatic rings. The molecule has 1 aromatic carbocycles. The molecule has 0 saturated heterocycles. The molecular formula is C13H10ClIN4. The van der Waals surface area contributed by atoms with Gasteiger partial charge in [-0.2, -0.15) is 10.4 Å². The Labute approximate surface area is 129 Å². The molecule has 0 unspecified atom stereocenters. The Hall–Kier alpha value is -1.39. The highest BCUT2D eigenvalue weighted by atomic mass is 127. The smallest absolute Gasteiger partial charge is 0.171 e. The van der Waals surface area contributed by atoms with E-state index in [0.717, 1.165) is 20.5 Å². The first-order chi connectivity index (χ1) is 9.02. The lowest BCUT2D eigenvalue weighted by molar-refractivity contribution is 0.960. The average molecular weight is 385 g/mol. The van der Waals surface area contributed by atoms with E-state index in [1.54, 1.807) is 6.07 Å². The van der Waals surface area contributed by atoms with Crippen LogP contribution in [0.3, 0.4) is 0 Å². The zero-order chi connectivity index (χ0) is 14.0. The van der Waals surface area contributed by atoms with Crippen LogP contribution in [0.2, 0.25) is 5.02 Å². The fourth-order valence-electron chi connectivity index (χ4n) is 1.55. The highest BCUT2D eigenvalue weighted by molar-refractivity contribution is 14.1. The van der Waals surface area contributed by atoms with Crippen molar-refractivity contribution in [3.63, 3.8) is 0 Å². The van der Waals surface area contributed by atoms with Gasteiger partial charge in [-0.3, -0.25) is 0 Å². The van der Waals surface area contributed by atoms with Crippen molar-refractivity contribution in [2.45, 2.75) is 13.8 Å². The van der Waals surface area contributed by atoms with Gasteiger partial charge in [0.25, 0.3) is 0 Å². The van der Waals surface area contributed by atoms with Crippen LogP contribution in [0, 0.1) is 28.7 Å². The van der Waals surface area contributed by atoms with Crippen LogP contribution in [0.25, 0.3) is 0 Å². The monoisotopic (exact) mass is 384 g/mol. The average Bonchev–Trinajstić information content (AvgIpc) is 2.37. The van der Waals surface area contributed by atoms with Crippen molar-refractivity contribution < 1.29 is 0 Å². The Kier molecular flexibility index (Phi) is 4.22. The number of nitriles is 1. The molecule has 19 heavy (non-hydrogen) atoms. The standard InChI is InChI=1S/C13H10ClIN4/c1-7-8(2)18-19-13(10(7)6-16)17-12-4-3-9(14)5-11(12)15/h3-5H,1-2H3,(H,17,19). The van der Waals surface area contributed by atoms with E-state index in [1.807, 2.05) is 26.0 Å². The van der Waals surface area contributed by atoms with Crippen LogP contribution >= 0.6 is 34.2 Å². The zero-order valence-corrected chi connectivity index (χ0v) is 13.2. The highest BCUT2D eigenvalue weighted by Crippen LogP contribution is 2.27. The van der Waals surface area contributed by atoms with Gasteiger partial charge >= 0.3 is 0 Å². The fraction of sp³-hybridized carbons (Fsp3) is 0.154. The van der Waals surface area contributed by atoms with Crippen LogP contribution in [0.15, 0.2) is 18.2 Å². The van der Waals surface area contributed by atoms with Crippen molar-refractivity contribution in [2.24, 2.45) is 0 Å². The van der Waals surface area contributed by atoms with Crippen molar-refractivity contribution in [1.29, 1.82) is 5.26 Å². The summed E-state index contributed by atoms with van der Waals surface area (Å²) in [6, 6.07) is 7.63. The third kappa shape index (κ3) is 2.96. The van der Waals surface area contributed by atoms with Crippen LogP contribution in [-0.2, 0) is 0 Å². The number of halogens is 2. The van der Waals surface area contributed by atoms with E-state index >= 15 is 0 Å². The Morgan fingerprint density at radius 2 is 2.05 bits per heavy atom. The summed E-state index contributed by atoms with van der Waals surface area (Å²) in [5, 5.41) is 21.1. The van der Waals surface area contributed by atoms with Gasteiger partial charge in [0.15, 0.2) is 5.82 Å². The third-order valence-corrected chi connectivity index (χ3v) is 3.88. The largest absolute Gasteiger partial charge is 0.337 e. The summed E-state index contributed by atoms with van der Waals surface area (Å²) in [5.74, 6) is 0.464. The molecule has 0 aliphatic carbocycles. The highest BCUT2D eigenvalue weighted by Gasteiger charge is 2.12. The molecule has 0 spiro atoms. The lowest BCUT2D eigenvalue weighted by Crippen LogP contribution is -2.04. The molecule has 2 aromatic rings. The van der Waals surface area contributed by atoms with Crippen LogP contribution in [0.1, 0.15) is 16.8 Å². The normalized spacial score (nSPS) is 10.1. The first kappa shape index (κ1) is 14.0. The lowest BCUT2D eigenvalue weighted by Gasteiger charge is -2.11. The minimum absolute atomic E-state index is 0.464. The summed E-state index contributed by atoms with van der Waals surface area (Å²) < 4.78 is 0.953. The second-order valence-electron chi connectivity index (χ2n) is 3.99. The SMILES string of the molecule is Cc1nnc(Nc2ccc(Cl)cc2I)c(C#N)c1C. The van der Waals surface area contributed by atoms with Crippen LogP contribution in [0.4, 0.5) is 11.5 Å². The molecular weight excluding hydrogens is 375 g/mol. The van der Waals surface area contributed by atoms with Gasteiger partial charge in [0, 0.05) is 8.59 Å². The maximum atomic E-state index is 9.23. The summed E-state index contributed by atoms with van der Waals surface area (Å²) in [6.07, 6.45) is 0. The first-order valence-corrected chi connectivity index (χ1v) is 6.94. The molecule has 2 rings (SSSR count). The van der Waals surface area contributed by atoms with Crippen LogP contribution in [-0.4, -0.2) is 10.2 Å². The number of aryl methyl sites for hydroxylation is 1. The molecule has 0 aliphatic heterocycles. The number of aromatic nitrogens is 2. The van der Waals surface area contributed by atoms with E-state index in [2.05, 4.69) is 44.2 Å². The van der Waals surface area contributed by atoms with Gasteiger partial charge in [-0.1, -0.05) is 11.6 Å². The minimum atomic E-state index is 0.464. The van der Waals surface area contributed by atoms with Crippen molar-refractivity contribution in [3.05, 3.63) is 43.6 Å². The van der Waals surface area contributed by atoms with Crippen molar-refractivity contribution in [3.8, 4) is 6.07 Å². The minimum Gasteiger partial charge on any atom is -0.337 e. The second kappa shape index (κ2) is 5.72. The zero-order valence-electron chi connectivity index (χ0n) is 10.3. The molecule has 6 heteroatoms. The molecule has 0 radical (unpaired) electrons. The molecule has 4 nitrogen and oxygen atoms in total. The Balaban J connectivity index is 2.44. The van der Waals surface area contributed by atoms with Gasteiger partial charge in [-0.25, -0.2) is 0 Å². The number of nitrogens with one attached hydrogen (secondary N) is 1. The number of nitrogens with zero attached hydrogens (tertiary/aromatic N) is 3. The van der Waals surface area contributed by atoms with E-state index in [4.69, 9.17) is 11.6 Å². The summed E-state index contributed by atoms with van der Waals surface area (Å²) in [7, 11) is 0. The van der Waals surface area contributed by atoms with E-state index in [1.165, 1.54) is 0 Å². The van der Waals surface area contributed by atoms with Gasteiger partial charge in [0.1, 0.15) is 11.6 Å². The number of hydrogen-bond acceptors (Lipinski definition) is 4. The molecule has 1 heterocycles. The third-order valence-electron chi connectivity index (χ3n) is 2.75.